The summed E-state index contributed by atoms with van der Waals surface area (Å²) in [5.41, 5.74) is 13.7. The van der Waals surface area contributed by atoms with Gasteiger partial charge in [-0.1, -0.05) is 6.07 Å². The number of hydrogen-bond acceptors (Lipinski definition) is 7. The number of rotatable bonds is 6. The third-order valence-corrected chi connectivity index (χ3v) is 4.96. The lowest BCUT2D eigenvalue weighted by molar-refractivity contribution is -0.119. The molecular formula is C22H18FN5O4. The van der Waals surface area contributed by atoms with Crippen LogP contribution in [0.2, 0.25) is 0 Å². The van der Waals surface area contributed by atoms with Gasteiger partial charge in [0.2, 0.25) is 11.8 Å². The molecule has 10 heteroatoms. The number of nitrogens with one attached hydrogen (secondary N) is 1. The van der Waals surface area contributed by atoms with Gasteiger partial charge in [-0.2, -0.15) is 5.26 Å². The molecule has 162 valence electrons. The van der Waals surface area contributed by atoms with Crippen molar-refractivity contribution in [3.63, 3.8) is 0 Å². The molecule has 0 radical (unpaired) electrons. The SMILES string of the molecule is COc1cc([C@@H]2C(C#N)=C(N)Oc3n[nH]c(-c4ccc(F)cc4)c32)ccc1OCC(N)=O. The van der Waals surface area contributed by atoms with Crippen LogP contribution in [0.25, 0.3) is 11.3 Å². The smallest absolute Gasteiger partial charge is 0.255 e. The molecule has 5 N–H and O–H groups in total. The molecule has 2 heterocycles. The number of carbonyl (C=O) groups is 1. The number of nitriles is 1. The number of amides is 1. The second-order valence-corrected chi connectivity index (χ2v) is 6.91. The van der Waals surface area contributed by atoms with Crippen molar-refractivity contribution in [1.29, 1.82) is 5.26 Å². The fourth-order valence-corrected chi connectivity index (χ4v) is 3.55. The van der Waals surface area contributed by atoms with Gasteiger partial charge in [-0.05, 0) is 42.0 Å². The number of hydrogen-bond donors (Lipinski definition) is 3. The predicted molar refractivity (Wildman–Crippen MR) is 111 cm³/mol. The normalized spacial score (nSPS) is 14.8. The van der Waals surface area contributed by atoms with E-state index in [1.165, 1.54) is 19.2 Å². The maximum atomic E-state index is 13.4. The zero-order valence-corrected chi connectivity index (χ0v) is 16.9. The average Bonchev–Trinajstić information content (AvgIpc) is 3.20. The Bertz CT molecular complexity index is 1260. The zero-order chi connectivity index (χ0) is 22.8. The number of aromatic amines is 1. The number of nitrogens with zero attached hydrogens (tertiary/aromatic N) is 2. The fraction of sp³-hybridized carbons (Fsp3) is 0.136. The molecule has 0 bridgehead atoms. The average molecular weight is 435 g/mol. The Kier molecular flexibility index (Phi) is 5.39. The van der Waals surface area contributed by atoms with Crippen molar-refractivity contribution in [2.45, 2.75) is 5.92 Å². The summed E-state index contributed by atoms with van der Waals surface area (Å²) in [6.07, 6.45) is 0. The number of carbonyl (C=O) groups excluding carboxylic acids is 1. The van der Waals surface area contributed by atoms with Gasteiger partial charge in [-0.15, -0.1) is 5.10 Å². The molecule has 1 aliphatic heterocycles. The number of nitrogens with two attached hydrogens (primary N) is 2. The summed E-state index contributed by atoms with van der Waals surface area (Å²) in [5, 5.41) is 16.9. The van der Waals surface area contributed by atoms with E-state index in [0.29, 0.717) is 33.9 Å². The van der Waals surface area contributed by atoms with E-state index < -0.39 is 11.8 Å². The molecule has 0 saturated carbocycles. The quantitative estimate of drug-likeness (QED) is 0.538. The Labute approximate surface area is 182 Å². The van der Waals surface area contributed by atoms with Crippen LogP contribution in [-0.4, -0.2) is 29.8 Å². The lowest BCUT2D eigenvalue weighted by atomic mass is 9.83. The van der Waals surface area contributed by atoms with Crippen molar-refractivity contribution in [2.75, 3.05) is 13.7 Å². The monoisotopic (exact) mass is 435 g/mol. The van der Waals surface area contributed by atoms with E-state index in [1.54, 1.807) is 30.3 Å². The molecule has 0 unspecified atom stereocenters. The molecule has 0 aliphatic carbocycles. The highest BCUT2D eigenvalue weighted by Crippen LogP contribution is 2.47. The number of benzene rings is 2. The number of halogens is 1. The van der Waals surface area contributed by atoms with Gasteiger partial charge >= 0.3 is 0 Å². The van der Waals surface area contributed by atoms with Gasteiger partial charge in [0.1, 0.15) is 17.5 Å². The van der Waals surface area contributed by atoms with Crippen molar-refractivity contribution >= 4 is 5.91 Å². The van der Waals surface area contributed by atoms with Crippen LogP contribution in [0.1, 0.15) is 17.0 Å². The molecule has 32 heavy (non-hydrogen) atoms. The van der Waals surface area contributed by atoms with E-state index >= 15 is 0 Å². The Hall–Kier alpha value is -4.52. The first-order chi connectivity index (χ1) is 15.4. The van der Waals surface area contributed by atoms with Crippen LogP contribution < -0.4 is 25.7 Å². The summed E-state index contributed by atoms with van der Waals surface area (Å²) in [6, 6.07) is 12.9. The van der Waals surface area contributed by atoms with Crippen LogP contribution >= 0.6 is 0 Å². The van der Waals surface area contributed by atoms with Gasteiger partial charge in [0, 0.05) is 5.56 Å². The number of fused-ring (bicyclic) bond motifs is 1. The first-order valence-electron chi connectivity index (χ1n) is 9.43. The maximum Gasteiger partial charge on any atom is 0.255 e. The Morgan fingerprint density at radius 3 is 2.69 bits per heavy atom. The second kappa shape index (κ2) is 8.31. The molecule has 2 aromatic carbocycles. The third-order valence-electron chi connectivity index (χ3n) is 4.96. The second-order valence-electron chi connectivity index (χ2n) is 6.91. The van der Waals surface area contributed by atoms with Crippen molar-refractivity contribution in [3.8, 4) is 34.7 Å². The molecule has 0 fully saturated rings. The molecular weight excluding hydrogens is 417 g/mol. The predicted octanol–water partition coefficient (Wildman–Crippen LogP) is 2.31. The summed E-state index contributed by atoms with van der Waals surface area (Å²) < 4.78 is 29.8. The summed E-state index contributed by atoms with van der Waals surface area (Å²) in [7, 11) is 1.45. The summed E-state index contributed by atoms with van der Waals surface area (Å²) >= 11 is 0. The van der Waals surface area contributed by atoms with Crippen molar-refractivity contribution in [1.82, 2.24) is 10.2 Å². The molecule has 0 spiro atoms. The van der Waals surface area contributed by atoms with Crippen LogP contribution in [-0.2, 0) is 4.79 Å². The van der Waals surface area contributed by atoms with E-state index in [2.05, 4.69) is 16.3 Å². The van der Waals surface area contributed by atoms with Gasteiger partial charge in [0.15, 0.2) is 18.1 Å². The minimum Gasteiger partial charge on any atom is -0.493 e. The van der Waals surface area contributed by atoms with Crippen LogP contribution in [0, 0.1) is 17.1 Å². The minimum absolute atomic E-state index is 0.0739. The highest BCUT2D eigenvalue weighted by atomic mass is 19.1. The number of ether oxygens (including phenoxy) is 3. The van der Waals surface area contributed by atoms with E-state index in [9.17, 15) is 14.4 Å². The Balaban J connectivity index is 1.85. The lowest BCUT2D eigenvalue weighted by Crippen LogP contribution is -2.21. The minimum atomic E-state index is -0.651. The van der Waals surface area contributed by atoms with Crippen molar-refractivity contribution < 1.29 is 23.4 Å². The van der Waals surface area contributed by atoms with E-state index in [4.69, 9.17) is 25.7 Å². The largest absolute Gasteiger partial charge is 0.493 e. The van der Waals surface area contributed by atoms with Gasteiger partial charge < -0.3 is 25.7 Å². The molecule has 1 aliphatic rings. The van der Waals surface area contributed by atoms with Gasteiger partial charge in [-0.3, -0.25) is 9.89 Å². The Morgan fingerprint density at radius 1 is 1.28 bits per heavy atom. The van der Waals surface area contributed by atoms with Gasteiger partial charge in [0.25, 0.3) is 5.91 Å². The van der Waals surface area contributed by atoms with Crippen LogP contribution in [0.4, 0.5) is 4.39 Å². The van der Waals surface area contributed by atoms with Crippen LogP contribution in [0.15, 0.2) is 53.9 Å². The van der Waals surface area contributed by atoms with Crippen LogP contribution in [0.3, 0.4) is 0 Å². The Morgan fingerprint density at radius 2 is 2.03 bits per heavy atom. The van der Waals surface area contributed by atoms with E-state index in [0.717, 1.165) is 0 Å². The molecule has 1 aromatic heterocycles. The number of methoxy groups -OCH3 is 1. The molecule has 9 nitrogen and oxygen atoms in total. The maximum absolute atomic E-state index is 13.4. The summed E-state index contributed by atoms with van der Waals surface area (Å²) in [5.74, 6) is -0.887. The van der Waals surface area contributed by atoms with E-state index in [-0.39, 0.29) is 29.8 Å². The van der Waals surface area contributed by atoms with E-state index in [1.807, 2.05) is 0 Å². The first kappa shape index (κ1) is 20.7. The number of H-pyrrole nitrogens is 1. The van der Waals surface area contributed by atoms with Crippen LogP contribution in [0.5, 0.6) is 17.4 Å². The summed E-state index contributed by atoms with van der Waals surface area (Å²) in [4.78, 5) is 11.1. The molecule has 0 saturated heterocycles. The zero-order valence-electron chi connectivity index (χ0n) is 16.9. The van der Waals surface area contributed by atoms with Gasteiger partial charge in [0.05, 0.1) is 24.3 Å². The topological polar surface area (TPSA) is 149 Å². The van der Waals surface area contributed by atoms with Crippen molar-refractivity contribution in [3.05, 3.63) is 70.9 Å². The molecule has 1 atom stereocenters. The standard InChI is InChI=1S/C22H18FN5O4/c1-30-16-8-12(4-7-15(16)31-10-17(25)29)18-14(9-24)21(26)32-22-19(18)20(27-28-22)11-2-5-13(23)6-3-11/h2-8,18H,10,26H2,1H3,(H2,25,29)(H,27,28)/t18-/m1/s1. The number of primary amides is 1. The fourth-order valence-electron chi connectivity index (χ4n) is 3.55. The highest BCUT2D eigenvalue weighted by molar-refractivity contribution is 5.75. The van der Waals surface area contributed by atoms with Crippen molar-refractivity contribution in [2.24, 2.45) is 11.5 Å². The lowest BCUT2D eigenvalue weighted by Gasteiger charge is -2.24. The summed E-state index contributed by atoms with van der Waals surface area (Å²) in [6.45, 7) is -0.316. The molecule has 1 amide bonds. The number of allylic oxidation sites excluding steroid dienone is 1. The first-order valence-corrected chi connectivity index (χ1v) is 9.43. The number of aromatic nitrogens is 2. The highest BCUT2D eigenvalue weighted by Gasteiger charge is 2.36. The molecule has 3 aromatic rings. The molecule has 4 rings (SSSR count). The van der Waals surface area contributed by atoms with Gasteiger partial charge in [-0.25, -0.2) is 4.39 Å². The third kappa shape index (κ3) is 3.67.